The number of halogens is 2. The predicted octanol–water partition coefficient (Wildman–Crippen LogP) is 1.82. The largest absolute Gasteiger partial charge is 0.493 e. The molecule has 2 atom stereocenters. The van der Waals surface area contributed by atoms with Crippen molar-refractivity contribution < 1.29 is 18.6 Å². The van der Waals surface area contributed by atoms with Crippen LogP contribution < -0.4 is 4.74 Å². The maximum Gasteiger partial charge on any atom is 0.165 e. The first-order valence-corrected chi connectivity index (χ1v) is 4.35. The Bertz CT molecular complexity index is 365. The first kappa shape index (κ1) is 9.40. The number of ether oxygens (including phenoxy) is 1. The van der Waals surface area contributed by atoms with Crippen molar-refractivity contribution in [1.29, 1.82) is 0 Å². The van der Waals surface area contributed by atoms with Crippen molar-refractivity contribution in [3.05, 3.63) is 29.3 Å². The summed E-state index contributed by atoms with van der Waals surface area (Å²) >= 11 is 0. The van der Waals surface area contributed by atoms with Crippen LogP contribution in [0.2, 0.25) is 0 Å². The summed E-state index contributed by atoms with van der Waals surface area (Å²) in [6.45, 7) is 0. The van der Waals surface area contributed by atoms with Crippen LogP contribution in [-0.4, -0.2) is 18.3 Å². The van der Waals surface area contributed by atoms with E-state index < -0.39 is 17.7 Å². The average Bonchev–Trinajstić information content (AvgIpc) is 2.86. The molecule has 76 valence electrons. The molecule has 0 aromatic heterocycles. The van der Waals surface area contributed by atoms with Crippen LogP contribution in [-0.2, 0) is 0 Å². The Balaban J connectivity index is 2.49. The van der Waals surface area contributed by atoms with Crippen molar-refractivity contribution in [3.63, 3.8) is 0 Å². The molecule has 0 unspecified atom stereocenters. The normalized spacial score (nSPS) is 24.9. The van der Waals surface area contributed by atoms with Crippen LogP contribution in [0.15, 0.2) is 12.1 Å². The molecule has 1 aromatic carbocycles. The van der Waals surface area contributed by atoms with Gasteiger partial charge in [0.25, 0.3) is 0 Å². The number of hydrogen-bond donors (Lipinski definition) is 1. The lowest BCUT2D eigenvalue weighted by molar-refractivity contribution is 0.269. The molecule has 0 radical (unpaired) electrons. The summed E-state index contributed by atoms with van der Waals surface area (Å²) in [6.07, 6.45) is -0.100. The van der Waals surface area contributed by atoms with Gasteiger partial charge in [-0.15, -0.1) is 0 Å². The highest BCUT2D eigenvalue weighted by Gasteiger charge is 2.41. The number of aliphatic hydroxyl groups is 1. The Labute approximate surface area is 80.1 Å². The number of benzene rings is 1. The van der Waals surface area contributed by atoms with E-state index in [1.54, 1.807) is 0 Å². The summed E-state index contributed by atoms with van der Waals surface area (Å²) in [6, 6.07) is 2.07. The smallest absolute Gasteiger partial charge is 0.165 e. The van der Waals surface area contributed by atoms with Crippen LogP contribution in [0.25, 0.3) is 0 Å². The SMILES string of the molecule is COc1c(F)ccc(F)c1[C@H]1C[C@@H]1O. The average molecular weight is 200 g/mol. The van der Waals surface area contributed by atoms with Gasteiger partial charge >= 0.3 is 0 Å². The molecule has 14 heavy (non-hydrogen) atoms. The third kappa shape index (κ3) is 1.35. The minimum absolute atomic E-state index is 0.0912. The lowest BCUT2D eigenvalue weighted by Crippen LogP contribution is -1.99. The second-order valence-corrected chi connectivity index (χ2v) is 3.39. The van der Waals surface area contributed by atoms with Gasteiger partial charge in [0.2, 0.25) is 0 Å². The zero-order chi connectivity index (χ0) is 10.3. The Morgan fingerprint density at radius 3 is 2.43 bits per heavy atom. The van der Waals surface area contributed by atoms with E-state index in [2.05, 4.69) is 0 Å². The van der Waals surface area contributed by atoms with Gasteiger partial charge < -0.3 is 9.84 Å². The molecular weight excluding hydrogens is 190 g/mol. The number of rotatable bonds is 2. The van der Waals surface area contributed by atoms with E-state index in [1.165, 1.54) is 7.11 Å². The third-order valence-electron chi connectivity index (χ3n) is 2.43. The predicted molar refractivity (Wildman–Crippen MR) is 46.3 cm³/mol. The molecule has 1 N–H and O–H groups in total. The van der Waals surface area contributed by atoms with Gasteiger partial charge in [-0.05, 0) is 18.6 Å². The fraction of sp³-hybridized carbons (Fsp3) is 0.400. The number of methoxy groups -OCH3 is 1. The van der Waals surface area contributed by atoms with Gasteiger partial charge in [0.15, 0.2) is 11.6 Å². The van der Waals surface area contributed by atoms with Crippen LogP contribution in [0.3, 0.4) is 0 Å². The van der Waals surface area contributed by atoms with Gasteiger partial charge in [-0.25, -0.2) is 8.78 Å². The second kappa shape index (κ2) is 3.20. The van der Waals surface area contributed by atoms with Crippen LogP contribution in [0.1, 0.15) is 17.9 Å². The van der Waals surface area contributed by atoms with E-state index in [0.29, 0.717) is 6.42 Å². The third-order valence-corrected chi connectivity index (χ3v) is 2.43. The van der Waals surface area contributed by atoms with Gasteiger partial charge in [0.05, 0.1) is 13.2 Å². The minimum Gasteiger partial charge on any atom is -0.493 e. The molecule has 0 saturated heterocycles. The molecule has 4 heteroatoms. The van der Waals surface area contributed by atoms with Gasteiger partial charge in [0.1, 0.15) is 5.82 Å². The van der Waals surface area contributed by atoms with E-state index >= 15 is 0 Å². The lowest BCUT2D eigenvalue weighted by Gasteiger charge is -2.09. The van der Waals surface area contributed by atoms with Crippen molar-refractivity contribution in [1.82, 2.24) is 0 Å². The fourth-order valence-corrected chi connectivity index (χ4v) is 1.59. The highest BCUT2D eigenvalue weighted by atomic mass is 19.1. The van der Waals surface area contributed by atoms with Crippen LogP contribution in [0.5, 0.6) is 5.75 Å². The Kier molecular flexibility index (Phi) is 2.15. The van der Waals surface area contributed by atoms with Crippen molar-refractivity contribution in [2.24, 2.45) is 0 Å². The standard InChI is InChI=1S/C10H10F2O2/c1-14-10-7(12)3-2-6(11)9(10)5-4-8(5)13/h2-3,5,8,13H,4H2,1H3/t5-,8-/m0/s1. The Morgan fingerprint density at radius 2 is 1.93 bits per heavy atom. The molecule has 1 aliphatic rings. The van der Waals surface area contributed by atoms with Gasteiger partial charge in [-0.2, -0.15) is 0 Å². The Morgan fingerprint density at radius 1 is 1.36 bits per heavy atom. The summed E-state index contributed by atoms with van der Waals surface area (Å²) in [5.41, 5.74) is 0.153. The quantitative estimate of drug-likeness (QED) is 0.789. The maximum atomic E-state index is 13.3. The van der Waals surface area contributed by atoms with E-state index in [4.69, 9.17) is 4.74 Å². The molecule has 1 aromatic rings. The highest BCUT2D eigenvalue weighted by Crippen LogP contribution is 2.46. The summed E-state index contributed by atoms with van der Waals surface area (Å²) in [5, 5.41) is 9.17. The zero-order valence-corrected chi connectivity index (χ0v) is 7.63. The van der Waals surface area contributed by atoms with Crippen molar-refractivity contribution in [2.75, 3.05) is 7.11 Å². The summed E-state index contributed by atoms with van der Waals surface area (Å²) in [4.78, 5) is 0. The van der Waals surface area contributed by atoms with Gasteiger partial charge in [-0.3, -0.25) is 0 Å². The molecule has 0 heterocycles. The van der Waals surface area contributed by atoms with E-state index in [9.17, 15) is 13.9 Å². The molecular formula is C10H10F2O2. The van der Waals surface area contributed by atoms with Crippen LogP contribution in [0, 0.1) is 11.6 Å². The summed E-state index contributed by atoms with van der Waals surface area (Å²) in [7, 11) is 1.29. The minimum atomic E-state index is -0.594. The number of aliphatic hydroxyl groups excluding tert-OH is 1. The molecule has 2 rings (SSSR count). The lowest BCUT2D eigenvalue weighted by atomic mass is 10.1. The Hall–Kier alpha value is -1.16. The summed E-state index contributed by atoms with van der Waals surface area (Å²) < 4.78 is 31.3. The van der Waals surface area contributed by atoms with Gasteiger partial charge in [-0.1, -0.05) is 0 Å². The maximum absolute atomic E-state index is 13.3. The summed E-state index contributed by atoms with van der Waals surface area (Å²) in [5.74, 6) is -1.53. The zero-order valence-electron chi connectivity index (χ0n) is 7.63. The monoisotopic (exact) mass is 200 g/mol. The molecule has 2 nitrogen and oxygen atoms in total. The van der Waals surface area contributed by atoms with Crippen molar-refractivity contribution >= 4 is 0 Å². The van der Waals surface area contributed by atoms with E-state index in [-0.39, 0.29) is 17.2 Å². The molecule has 0 bridgehead atoms. The van der Waals surface area contributed by atoms with Crippen LogP contribution in [0.4, 0.5) is 8.78 Å². The highest BCUT2D eigenvalue weighted by molar-refractivity contribution is 5.42. The second-order valence-electron chi connectivity index (χ2n) is 3.39. The fourth-order valence-electron chi connectivity index (χ4n) is 1.59. The van der Waals surface area contributed by atoms with E-state index in [1.807, 2.05) is 0 Å². The first-order valence-electron chi connectivity index (χ1n) is 4.35. The first-order chi connectivity index (χ1) is 6.65. The molecule has 0 spiro atoms. The van der Waals surface area contributed by atoms with Crippen molar-refractivity contribution in [3.8, 4) is 5.75 Å². The molecule has 1 fully saturated rings. The molecule has 0 aliphatic heterocycles. The topological polar surface area (TPSA) is 29.5 Å². The van der Waals surface area contributed by atoms with Gasteiger partial charge in [0, 0.05) is 11.5 Å². The number of hydrogen-bond acceptors (Lipinski definition) is 2. The van der Waals surface area contributed by atoms with Crippen LogP contribution >= 0.6 is 0 Å². The molecule has 1 aliphatic carbocycles. The molecule has 0 amide bonds. The molecule has 1 saturated carbocycles. The van der Waals surface area contributed by atoms with Crippen molar-refractivity contribution in [2.45, 2.75) is 18.4 Å². The van der Waals surface area contributed by atoms with E-state index in [0.717, 1.165) is 12.1 Å².